The molecule has 1 amide bonds. The fourth-order valence-corrected chi connectivity index (χ4v) is 2.12. The highest BCUT2D eigenvalue weighted by Gasteiger charge is 2.19. The minimum absolute atomic E-state index is 0.0183. The molecule has 25 heavy (non-hydrogen) atoms. The number of ether oxygens (including phenoxy) is 2. The number of carbonyl (C=O) groups is 2. The molecule has 0 aliphatic rings. The number of carbonyl (C=O) groups excluding carboxylic acids is 2. The van der Waals surface area contributed by atoms with Crippen molar-refractivity contribution in [2.24, 2.45) is 0 Å². The van der Waals surface area contributed by atoms with E-state index in [1.807, 2.05) is 0 Å². The van der Waals surface area contributed by atoms with Gasteiger partial charge in [-0.2, -0.15) is 0 Å². The number of hydrogen-bond donors (Lipinski definition) is 1. The van der Waals surface area contributed by atoms with Gasteiger partial charge in [0.1, 0.15) is 11.6 Å². The maximum atomic E-state index is 12.9. The van der Waals surface area contributed by atoms with Crippen LogP contribution in [0, 0.1) is 5.82 Å². The van der Waals surface area contributed by atoms with Crippen LogP contribution in [0.5, 0.6) is 5.75 Å². The maximum Gasteiger partial charge on any atom is 0.344 e. The quantitative estimate of drug-likeness (QED) is 0.607. The second kappa shape index (κ2) is 8.64. The van der Waals surface area contributed by atoms with Gasteiger partial charge in [-0.3, -0.25) is 4.79 Å². The van der Waals surface area contributed by atoms with E-state index >= 15 is 0 Å². The van der Waals surface area contributed by atoms with Gasteiger partial charge in [0, 0.05) is 6.20 Å². The molecule has 2 aromatic rings. The molecule has 0 unspecified atom stereocenters. The monoisotopic (exact) mass is 386 g/mol. The Morgan fingerprint density at radius 1 is 1.32 bits per heavy atom. The number of anilines is 1. The summed E-state index contributed by atoms with van der Waals surface area (Å²) in [5, 5.41) is 2.62. The van der Waals surface area contributed by atoms with Gasteiger partial charge in [0.05, 0.1) is 10.7 Å². The van der Waals surface area contributed by atoms with Gasteiger partial charge in [0.15, 0.2) is 17.9 Å². The Hall–Kier alpha value is -2.38. The molecule has 1 aromatic heterocycles. The Bertz CT molecular complexity index is 788. The van der Waals surface area contributed by atoms with Gasteiger partial charge in [-0.25, -0.2) is 14.2 Å². The van der Waals surface area contributed by atoms with Crippen LogP contribution in [-0.4, -0.2) is 29.6 Å². The Labute approximate surface area is 152 Å². The Kier molecular flexibility index (Phi) is 6.55. The standard InChI is InChI=1S/C16H13Cl2FN2O4/c1-9(16(23)21-12-3-2-6-20-15(12)18)25-14(22)8-24-13-5-4-10(19)7-11(13)17/h2-7,9H,8H2,1H3,(H,21,23)/t9-/m0/s1. The number of nitrogens with zero attached hydrogens (tertiary/aromatic N) is 1. The average Bonchev–Trinajstić information content (AvgIpc) is 2.56. The molecule has 0 bridgehead atoms. The predicted octanol–water partition coefficient (Wildman–Crippen LogP) is 3.48. The molecule has 0 aliphatic heterocycles. The Morgan fingerprint density at radius 2 is 2.08 bits per heavy atom. The summed E-state index contributed by atoms with van der Waals surface area (Å²) in [5.74, 6) is -1.78. The number of halogens is 3. The summed E-state index contributed by atoms with van der Waals surface area (Å²) < 4.78 is 23.0. The topological polar surface area (TPSA) is 77.5 Å². The molecule has 1 heterocycles. The summed E-state index contributed by atoms with van der Waals surface area (Å²) in [5.41, 5.74) is 0.298. The predicted molar refractivity (Wildman–Crippen MR) is 90.3 cm³/mol. The zero-order valence-electron chi connectivity index (χ0n) is 13.0. The lowest BCUT2D eigenvalue weighted by Crippen LogP contribution is -2.31. The van der Waals surface area contributed by atoms with Crippen LogP contribution in [0.4, 0.5) is 10.1 Å². The third-order valence-electron chi connectivity index (χ3n) is 2.93. The third kappa shape index (κ3) is 5.58. The molecule has 0 fully saturated rings. The van der Waals surface area contributed by atoms with Crippen molar-refractivity contribution in [3.05, 3.63) is 52.5 Å². The van der Waals surface area contributed by atoms with Crippen LogP contribution < -0.4 is 10.1 Å². The van der Waals surface area contributed by atoms with E-state index in [4.69, 9.17) is 32.7 Å². The number of benzene rings is 1. The van der Waals surface area contributed by atoms with E-state index in [-0.39, 0.29) is 15.9 Å². The fraction of sp³-hybridized carbons (Fsp3) is 0.188. The second-order valence-electron chi connectivity index (χ2n) is 4.83. The summed E-state index contributed by atoms with van der Waals surface area (Å²) >= 11 is 11.6. The van der Waals surface area contributed by atoms with E-state index in [1.54, 1.807) is 12.1 Å². The lowest BCUT2D eigenvalue weighted by atomic mass is 10.3. The largest absolute Gasteiger partial charge is 0.480 e. The van der Waals surface area contributed by atoms with Crippen molar-refractivity contribution >= 4 is 40.8 Å². The summed E-state index contributed by atoms with van der Waals surface area (Å²) in [7, 11) is 0. The molecule has 2 rings (SSSR count). The van der Waals surface area contributed by atoms with Crippen molar-refractivity contribution in [1.29, 1.82) is 0 Å². The number of amides is 1. The molecule has 9 heteroatoms. The molecular formula is C16H13Cl2FN2O4. The summed E-state index contributed by atoms with van der Waals surface area (Å²) in [6.45, 7) is 0.902. The molecule has 0 radical (unpaired) electrons. The number of pyridine rings is 1. The SMILES string of the molecule is C[C@H](OC(=O)COc1ccc(F)cc1Cl)C(=O)Nc1cccnc1Cl. The van der Waals surface area contributed by atoms with Crippen LogP contribution in [0.1, 0.15) is 6.92 Å². The van der Waals surface area contributed by atoms with E-state index in [2.05, 4.69) is 10.3 Å². The van der Waals surface area contributed by atoms with E-state index in [9.17, 15) is 14.0 Å². The first kappa shape index (κ1) is 19.0. The van der Waals surface area contributed by atoms with Gasteiger partial charge in [-0.1, -0.05) is 23.2 Å². The van der Waals surface area contributed by atoms with E-state index in [0.717, 1.165) is 12.1 Å². The van der Waals surface area contributed by atoms with Crippen molar-refractivity contribution in [1.82, 2.24) is 4.98 Å². The summed E-state index contributed by atoms with van der Waals surface area (Å²) in [6, 6.07) is 6.63. The highest BCUT2D eigenvalue weighted by molar-refractivity contribution is 6.32. The lowest BCUT2D eigenvalue weighted by Gasteiger charge is -2.14. The van der Waals surface area contributed by atoms with Gasteiger partial charge in [0.2, 0.25) is 0 Å². The first-order valence-electron chi connectivity index (χ1n) is 7.05. The van der Waals surface area contributed by atoms with Crippen molar-refractivity contribution < 1.29 is 23.5 Å². The highest BCUT2D eigenvalue weighted by atomic mass is 35.5. The number of hydrogen-bond acceptors (Lipinski definition) is 5. The minimum atomic E-state index is -1.09. The molecule has 1 aromatic carbocycles. The Balaban J connectivity index is 1.85. The summed E-state index contributed by atoms with van der Waals surface area (Å²) in [4.78, 5) is 27.5. The van der Waals surface area contributed by atoms with Crippen molar-refractivity contribution in [2.45, 2.75) is 13.0 Å². The minimum Gasteiger partial charge on any atom is -0.480 e. The van der Waals surface area contributed by atoms with E-state index in [1.165, 1.54) is 19.2 Å². The zero-order valence-corrected chi connectivity index (χ0v) is 14.5. The number of rotatable bonds is 6. The normalized spacial score (nSPS) is 11.5. The molecule has 0 aliphatic carbocycles. The van der Waals surface area contributed by atoms with Crippen molar-refractivity contribution in [3.8, 4) is 5.75 Å². The van der Waals surface area contributed by atoms with E-state index in [0.29, 0.717) is 5.69 Å². The summed E-state index contributed by atoms with van der Waals surface area (Å²) in [6.07, 6.45) is 0.385. The van der Waals surface area contributed by atoms with Gasteiger partial charge in [0.25, 0.3) is 5.91 Å². The number of aromatic nitrogens is 1. The van der Waals surface area contributed by atoms with Crippen LogP contribution in [-0.2, 0) is 14.3 Å². The molecule has 132 valence electrons. The Morgan fingerprint density at radius 3 is 2.76 bits per heavy atom. The van der Waals surface area contributed by atoms with Crippen molar-refractivity contribution in [3.63, 3.8) is 0 Å². The van der Waals surface area contributed by atoms with Gasteiger partial charge < -0.3 is 14.8 Å². The highest BCUT2D eigenvalue weighted by Crippen LogP contribution is 2.24. The molecule has 0 saturated heterocycles. The van der Waals surface area contributed by atoms with Crippen LogP contribution in [0.2, 0.25) is 10.2 Å². The van der Waals surface area contributed by atoms with Crippen LogP contribution >= 0.6 is 23.2 Å². The molecular weight excluding hydrogens is 374 g/mol. The van der Waals surface area contributed by atoms with Crippen LogP contribution in [0.3, 0.4) is 0 Å². The molecule has 0 spiro atoms. The molecule has 1 N–H and O–H groups in total. The second-order valence-corrected chi connectivity index (χ2v) is 5.59. The fourth-order valence-electron chi connectivity index (χ4n) is 1.73. The first-order valence-corrected chi connectivity index (χ1v) is 7.81. The smallest absolute Gasteiger partial charge is 0.344 e. The third-order valence-corrected chi connectivity index (χ3v) is 3.53. The zero-order chi connectivity index (χ0) is 18.4. The number of nitrogens with one attached hydrogen (secondary N) is 1. The van der Waals surface area contributed by atoms with Gasteiger partial charge in [-0.15, -0.1) is 0 Å². The van der Waals surface area contributed by atoms with Crippen LogP contribution in [0.15, 0.2) is 36.5 Å². The molecule has 6 nitrogen and oxygen atoms in total. The molecule has 0 saturated carbocycles. The van der Waals surface area contributed by atoms with E-state index < -0.39 is 30.4 Å². The maximum absolute atomic E-state index is 12.9. The van der Waals surface area contributed by atoms with Crippen LogP contribution in [0.25, 0.3) is 0 Å². The van der Waals surface area contributed by atoms with Crippen molar-refractivity contribution in [2.75, 3.05) is 11.9 Å². The number of esters is 1. The molecule has 1 atom stereocenters. The first-order chi connectivity index (χ1) is 11.9. The lowest BCUT2D eigenvalue weighted by molar-refractivity contribution is -0.155. The van der Waals surface area contributed by atoms with Gasteiger partial charge in [-0.05, 0) is 37.3 Å². The van der Waals surface area contributed by atoms with Gasteiger partial charge >= 0.3 is 5.97 Å². The average molecular weight is 387 g/mol.